The molecule has 1 fully saturated rings. The van der Waals surface area contributed by atoms with Gasteiger partial charge in [-0.05, 0) is 44.1 Å². The van der Waals surface area contributed by atoms with Crippen molar-refractivity contribution in [1.82, 2.24) is 5.43 Å². The first-order chi connectivity index (χ1) is 7.29. The SMILES string of the molecule is Cc1ccc(CCC(NN)C2CC2)cc1. The van der Waals surface area contributed by atoms with Gasteiger partial charge in [0.15, 0.2) is 0 Å². The van der Waals surface area contributed by atoms with Crippen LogP contribution in [0.1, 0.15) is 30.4 Å². The number of hydrazine groups is 1. The summed E-state index contributed by atoms with van der Waals surface area (Å²) in [5.41, 5.74) is 5.69. The lowest BCUT2D eigenvalue weighted by Gasteiger charge is -2.14. The van der Waals surface area contributed by atoms with E-state index in [1.807, 2.05) is 0 Å². The molecule has 1 atom stereocenters. The molecule has 0 radical (unpaired) electrons. The molecule has 1 aromatic rings. The fraction of sp³-hybridized carbons (Fsp3) is 0.538. The molecule has 0 aromatic heterocycles. The second kappa shape index (κ2) is 4.77. The number of benzene rings is 1. The van der Waals surface area contributed by atoms with Crippen LogP contribution in [0.3, 0.4) is 0 Å². The summed E-state index contributed by atoms with van der Waals surface area (Å²) in [5.74, 6) is 6.39. The standard InChI is InChI=1S/C13H20N2/c1-10-2-4-11(5-3-10)6-9-13(15-14)12-7-8-12/h2-5,12-13,15H,6-9,14H2,1H3. The second-order valence-corrected chi connectivity index (χ2v) is 4.63. The molecule has 0 amide bonds. The Balaban J connectivity index is 1.83. The average molecular weight is 204 g/mol. The van der Waals surface area contributed by atoms with Crippen molar-refractivity contribution in [3.05, 3.63) is 35.4 Å². The zero-order chi connectivity index (χ0) is 10.7. The zero-order valence-electron chi connectivity index (χ0n) is 9.37. The van der Waals surface area contributed by atoms with Gasteiger partial charge >= 0.3 is 0 Å². The van der Waals surface area contributed by atoms with Crippen molar-refractivity contribution >= 4 is 0 Å². The predicted molar refractivity (Wildman–Crippen MR) is 63.3 cm³/mol. The van der Waals surface area contributed by atoms with E-state index in [0.717, 1.165) is 18.8 Å². The van der Waals surface area contributed by atoms with Gasteiger partial charge in [0, 0.05) is 6.04 Å². The minimum atomic E-state index is 0.520. The highest BCUT2D eigenvalue weighted by Gasteiger charge is 2.29. The van der Waals surface area contributed by atoms with Crippen LogP contribution in [0, 0.1) is 12.8 Å². The first kappa shape index (κ1) is 10.7. The molecule has 0 bridgehead atoms. The molecular weight excluding hydrogens is 184 g/mol. The van der Waals surface area contributed by atoms with Crippen molar-refractivity contribution in [2.75, 3.05) is 0 Å². The van der Waals surface area contributed by atoms with Gasteiger partial charge < -0.3 is 0 Å². The lowest BCUT2D eigenvalue weighted by molar-refractivity contribution is 0.446. The van der Waals surface area contributed by atoms with Crippen LogP contribution in [0.25, 0.3) is 0 Å². The number of nitrogens with two attached hydrogens (primary N) is 1. The number of aryl methyl sites for hydroxylation is 2. The van der Waals surface area contributed by atoms with Gasteiger partial charge in [0.1, 0.15) is 0 Å². The fourth-order valence-corrected chi connectivity index (χ4v) is 2.03. The molecule has 1 saturated carbocycles. The maximum atomic E-state index is 5.55. The van der Waals surface area contributed by atoms with Crippen LogP contribution >= 0.6 is 0 Å². The van der Waals surface area contributed by atoms with E-state index < -0.39 is 0 Å². The third-order valence-corrected chi connectivity index (χ3v) is 3.27. The summed E-state index contributed by atoms with van der Waals surface area (Å²) in [4.78, 5) is 0. The summed E-state index contributed by atoms with van der Waals surface area (Å²) in [5, 5.41) is 0. The summed E-state index contributed by atoms with van der Waals surface area (Å²) in [6, 6.07) is 9.31. The molecule has 0 saturated heterocycles. The van der Waals surface area contributed by atoms with Crippen LogP contribution < -0.4 is 11.3 Å². The molecule has 3 N–H and O–H groups in total. The minimum Gasteiger partial charge on any atom is -0.271 e. The first-order valence-corrected chi connectivity index (χ1v) is 5.81. The quantitative estimate of drug-likeness (QED) is 0.570. The van der Waals surface area contributed by atoms with E-state index in [1.54, 1.807) is 0 Å². The highest BCUT2D eigenvalue weighted by atomic mass is 15.2. The van der Waals surface area contributed by atoms with E-state index in [-0.39, 0.29) is 0 Å². The maximum absolute atomic E-state index is 5.55. The number of nitrogens with one attached hydrogen (secondary N) is 1. The highest BCUT2D eigenvalue weighted by Crippen LogP contribution is 2.34. The molecule has 1 aliphatic carbocycles. The Morgan fingerprint density at radius 3 is 2.53 bits per heavy atom. The van der Waals surface area contributed by atoms with Crippen LogP contribution in [0.4, 0.5) is 0 Å². The van der Waals surface area contributed by atoms with E-state index in [4.69, 9.17) is 5.84 Å². The molecule has 82 valence electrons. The van der Waals surface area contributed by atoms with Gasteiger partial charge in [0.25, 0.3) is 0 Å². The monoisotopic (exact) mass is 204 g/mol. The summed E-state index contributed by atoms with van der Waals surface area (Å²) >= 11 is 0. The van der Waals surface area contributed by atoms with Crippen molar-refractivity contribution in [2.45, 2.75) is 38.6 Å². The number of rotatable bonds is 5. The molecule has 1 unspecified atom stereocenters. The Kier molecular flexibility index (Phi) is 3.39. The third kappa shape index (κ3) is 3.05. The van der Waals surface area contributed by atoms with Gasteiger partial charge in [-0.2, -0.15) is 0 Å². The van der Waals surface area contributed by atoms with Crippen molar-refractivity contribution in [3.63, 3.8) is 0 Å². The summed E-state index contributed by atoms with van der Waals surface area (Å²) in [6.07, 6.45) is 4.99. The fourth-order valence-electron chi connectivity index (χ4n) is 2.03. The molecule has 1 aliphatic rings. The van der Waals surface area contributed by atoms with Crippen molar-refractivity contribution in [3.8, 4) is 0 Å². The van der Waals surface area contributed by atoms with Crippen molar-refractivity contribution in [2.24, 2.45) is 11.8 Å². The predicted octanol–water partition coefficient (Wildman–Crippen LogP) is 2.17. The molecule has 2 nitrogen and oxygen atoms in total. The molecule has 0 heterocycles. The minimum absolute atomic E-state index is 0.520. The maximum Gasteiger partial charge on any atom is 0.0241 e. The topological polar surface area (TPSA) is 38.0 Å². The van der Waals surface area contributed by atoms with Gasteiger partial charge in [-0.15, -0.1) is 0 Å². The second-order valence-electron chi connectivity index (χ2n) is 4.63. The average Bonchev–Trinajstić information content (AvgIpc) is 3.06. The Morgan fingerprint density at radius 1 is 1.33 bits per heavy atom. The van der Waals surface area contributed by atoms with E-state index in [9.17, 15) is 0 Å². The van der Waals surface area contributed by atoms with Crippen LogP contribution in [0.15, 0.2) is 24.3 Å². The van der Waals surface area contributed by atoms with Gasteiger partial charge in [-0.25, -0.2) is 0 Å². The lowest BCUT2D eigenvalue weighted by Crippen LogP contribution is -2.37. The Morgan fingerprint density at radius 2 is 2.00 bits per heavy atom. The molecule has 2 rings (SSSR count). The van der Waals surface area contributed by atoms with Crippen molar-refractivity contribution < 1.29 is 0 Å². The highest BCUT2D eigenvalue weighted by molar-refractivity contribution is 5.21. The third-order valence-electron chi connectivity index (χ3n) is 3.27. The Labute approximate surface area is 91.8 Å². The van der Waals surface area contributed by atoms with Gasteiger partial charge in [0.05, 0.1) is 0 Å². The van der Waals surface area contributed by atoms with Crippen LogP contribution in [0.2, 0.25) is 0 Å². The van der Waals surface area contributed by atoms with Crippen molar-refractivity contribution in [1.29, 1.82) is 0 Å². The Bertz CT molecular complexity index is 301. The summed E-state index contributed by atoms with van der Waals surface area (Å²) in [7, 11) is 0. The molecular formula is C13H20N2. The van der Waals surface area contributed by atoms with Gasteiger partial charge in [-0.3, -0.25) is 11.3 Å². The van der Waals surface area contributed by atoms with E-state index in [1.165, 1.54) is 24.0 Å². The summed E-state index contributed by atoms with van der Waals surface area (Å²) < 4.78 is 0. The smallest absolute Gasteiger partial charge is 0.0241 e. The molecule has 0 aliphatic heterocycles. The lowest BCUT2D eigenvalue weighted by atomic mass is 10.0. The van der Waals surface area contributed by atoms with E-state index in [2.05, 4.69) is 36.6 Å². The molecule has 1 aromatic carbocycles. The largest absolute Gasteiger partial charge is 0.271 e. The normalized spacial score (nSPS) is 17.7. The first-order valence-electron chi connectivity index (χ1n) is 5.81. The van der Waals surface area contributed by atoms with Gasteiger partial charge in [0.2, 0.25) is 0 Å². The van der Waals surface area contributed by atoms with E-state index in [0.29, 0.717) is 6.04 Å². The molecule has 15 heavy (non-hydrogen) atoms. The molecule has 2 heteroatoms. The van der Waals surface area contributed by atoms with Crippen LogP contribution in [0.5, 0.6) is 0 Å². The number of hydrogen-bond donors (Lipinski definition) is 2. The van der Waals surface area contributed by atoms with Gasteiger partial charge in [-0.1, -0.05) is 29.8 Å². The summed E-state index contributed by atoms with van der Waals surface area (Å²) in [6.45, 7) is 2.12. The van der Waals surface area contributed by atoms with E-state index >= 15 is 0 Å². The number of hydrogen-bond acceptors (Lipinski definition) is 2. The van der Waals surface area contributed by atoms with Crippen LogP contribution in [-0.4, -0.2) is 6.04 Å². The van der Waals surface area contributed by atoms with Crippen LogP contribution in [-0.2, 0) is 6.42 Å². The Hall–Kier alpha value is -0.860. The molecule has 0 spiro atoms. The zero-order valence-corrected chi connectivity index (χ0v) is 9.37.